The van der Waals surface area contributed by atoms with Gasteiger partial charge in [0.2, 0.25) is 0 Å². The summed E-state index contributed by atoms with van der Waals surface area (Å²) in [6, 6.07) is 5.70. The molecule has 2 aliphatic rings. The van der Waals surface area contributed by atoms with Crippen molar-refractivity contribution in [2.45, 2.75) is 31.7 Å². The number of nitrogens with two attached hydrogens (primary N) is 1. The molecule has 102 valence electrons. The van der Waals surface area contributed by atoms with E-state index in [2.05, 4.69) is 12.1 Å². The molecular weight excluding hydrogens is 242 g/mol. The van der Waals surface area contributed by atoms with Gasteiger partial charge in [0.25, 0.3) is 0 Å². The molecule has 0 radical (unpaired) electrons. The number of aryl methyl sites for hydroxylation is 2. The fraction of sp³-hybridized carbons (Fsp3) is 0.533. The summed E-state index contributed by atoms with van der Waals surface area (Å²) < 4.78 is 5.09. The summed E-state index contributed by atoms with van der Waals surface area (Å²) in [6.45, 7) is 0.418. The first kappa shape index (κ1) is 12.6. The van der Waals surface area contributed by atoms with Crippen molar-refractivity contribution in [2.75, 3.05) is 13.2 Å². The Morgan fingerprint density at radius 3 is 2.53 bits per heavy atom. The average Bonchev–Trinajstić information content (AvgIpc) is 2.36. The second kappa shape index (κ2) is 4.62. The van der Waals surface area contributed by atoms with Crippen molar-refractivity contribution < 1.29 is 14.6 Å². The van der Waals surface area contributed by atoms with Crippen molar-refractivity contribution in [1.82, 2.24) is 0 Å². The molecule has 1 aliphatic heterocycles. The van der Waals surface area contributed by atoms with E-state index in [-0.39, 0.29) is 13.2 Å². The first-order valence-electron chi connectivity index (χ1n) is 6.82. The zero-order valence-corrected chi connectivity index (χ0v) is 10.9. The van der Waals surface area contributed by atoms with Crippen molar-refractivity contribution >= 4 is 5.97 Å². The molecule has 0 amide bonds. The smallest absolute Gasteiger partial charge is 0.316 e. The molecule has 3 N–H and O–H groups in total. The minimum atomic E-state index is -0.942. The van der Waals surface area contributed by atoms with Crippen LogP contribution in [-0.4, -0.2) is 24.3 Å². The fourth-order valence-electron chi connectivity index (χ4n) is 3.02. The maximum absolute atomic E-state index is 11.4. The van der Waals surface area contributed by atoms with E-state index in [1.54, 1.807) is 0 Å². The first-order valence-corrected chi connectivity index (χ1v) is 6.82. The second-order valence-electron chi connectivity index (χ2n) is 5.67. The number of carboxylic acids is 1. The van der Waals surface area contributed by atoms with Crippen LogP contribution in [0, 0.1) is 5.41 Å². The largest absolute Gasteiger partial charge is 0.481 e. The molecule has 1 unspecified atom stereocenters. The van der Waals surface area contributed by atoms with Crippen LogP contribution in [0.15, 0.2) is 18.2 Å². The van der Waals surface area contributed by atoms with E-state index in [0.717, 1.165) is 18.4 Å². The van der Waals surface area contributed by atoms with E-state index in [4.69, 9.17) is 10.5 Å². The fourth-order valence-corrected chi connectivity index (χ4v) is 3.02. The summed E-state index contributed by atoms with van der Waals surface area (Å²) in [5, 5.41) is 9.39. The molecule has 4 nitrogen and oxygen atoms in total. The van der Waals surface area contributed by atoms with E-state index >= 15 is 0 Å². The Kier molecular flexibility index (Phi) is 3.07. The van der Waals surface area contributed by atoms with Crippen molar-refractivity contribution in [3.8, 4) is 0 Å². The van der Waals surface area contributed by atoms with E-state index < -0.39 is 17.4 Å². The Morgan fingerprint density at radius 2 is 1.95 bits per heavy atom. The number of hydrogen-bond donors (Lipinski definition) is 2. The summed E-state index contributed by atoms with van der Waals surface area (Å²) in [5.74, 6) is -0.857. The summed E-state index contributed by atoms with van der Waals surface area (Å²) >= 11 is 0. The van der Waals surface area contributed by atoms with Crippen LogP contribution in [0.1, 0.15) is 35.6 Å². The molecule has 1 aromatic carbocycles. The number of carbonyl (C=O) groups is 1. The number of rotatable bonds is 3. The third-order valence-corrected chi connectivity index (χ3v) is 4.47. The highest BCUT2D eigenvalue weighted by Crippen LogP contribution is 2.40. The summed E-state index contributed by atoms with van der Waals surface area (Å²) in [5.41, 5.74) is 8.91. The summed E-state index contributed by atoms with van der Waals surface area (Å²) in [6.07, 6.45) is 4.65. The lowest BCUT2D eigenvalue weighted by molar-refractivity contribution is -0.184. The Bertz CT molecular complexity index is 508. The van der Waals surface area contributed by atoms with Gasteiger partial charge in [0, 0.05) is 0 Å². The van der Waals surface area contributed by atoms with Crippen LogP contribution in [0.4, 0.5) is 0 Å². The highest BCUT2D eigenvalue weighted by molar-refractivity contribution is 5.77. The molecule has 3 rings (SSSR count). The van der Waals surface area contributed by atoms with Gasteiger partial charge in [-0.2, -0.15) is 0 Å². The molecule has 1 aliphatic carbocycles. The quantitative estimate of drug-likeness (QED) is 0.868. The molecular formula is C15H19NO3. The Hall–Kier alpha value is -1.39. The molecule has 0 aromatic heterocycles. The lowest BCUT2D eigenvalue weighted by Crippen LogP contribution is -2.55. The Morgan fingerprint density at radius 1 is 1.26 bits per heavy atom. The third kappa shape index (κ3) is 1.95. The molecule has 0 spiro atoms. The van der Waals surface area contributed by atoms with Crippen molar-refractivity contribution in [3.63, 3.8) is 0 Å². The lowest BCUT2D eigenvalue weighted by atomic mass is 9.75. The van der Waals surface area contributed by atoms with Crippen LogP contribution >= 0.6 is 0 Å². The molecule has 19 heavy (non-hydrogen) atoms. The van der Waals surface area contributed by atoms with Gasteiger partial charge < -0.3 is 15.6 Å². The van der Waals surface area contributed by atoms with Crippen molar-refractivity contribution in [2.24, 2.45) is 11.1 Å². The van der Waals surface area contributed by atoms with Crippen LogP contribution < -0.4 is 5.73 Å². The molecule has 1 heterocycles. The first-order chi connectivity index (χ1) is 9.13. The van der Waals surface area contributed by atoms with Gasteiger partial charge in [-0.15, -0.1) is 0 Å². The van der Waals surface area contributed by atoms with Gasteiger partial charge in [-0.25, -0.2) is 0 Å². The minimum Gasteiger partial charge on any atom is -0.481 e. The number of aliphatic carboxylic acids is 1. The van der Waals surface area contributed by atoms with Crippen LogP contribution in [0.2, 0.25) is 0 Å². The SMILES string of the molecule is NC(c1ccc2c(c1)CCCC2)C1(C(=O)O)COC1. The van der Waals surface area contributed by atoms with Gasteiger partial charge in [-0.3, -0.25) is 4.79 Å². The molecule has 0 saturated carbocycles. The molecule has 1 fully saturated rings. The molecule has 1 atom stereocenters. The highest BCUT2D eigenvalue weighted by atomic mass is 16.5. The van der Waals surface area contributed by atoms with Gasteiger partial charge in [0.1, 0.15) is 5.41 Å². The number of carboxylic acid groups (broad SMARTS) is 1. The van der Waals surface area contributed by atoms with Crippen LogP contribution in [0.25, 0.3) is 0 Å². The van der Waals surface area contributed by atoms with Crippen molar-refractivity contribution in [3.05, 3.63) is 34.9 Å². The van der Waals surface area contributed by atoms with Gasteiger partial charge in [0.05, 0.1) is 19.3 Å². The zero-order valence-electron chi connectivity index (χ0n) is 10.9. The number of benzene rings is 1. The normalized spacial score (nSPS) is 22.2. The van der Waals surface area contributed by atoms with Crippen molar-refractivity contribution in [1.29, 1.82) is 0 Å². The summed E-state index contributed by atoms with van der Waals surface area (Å²) in [7, 11) is 0. The highest BCUT2D eigenvalue weighted by Gasteiger charge is 2.51. The number of ether oxygens (including phenoxy) is 1. The maximum Gasteiger partial charge on any atom is 0.316 e. The predicted molar refractivity (Wildman–Crippen MR) is 70.9 cm³/mol. The van der Waals surface area contributed by atoms with Gasteiger partial charge in [0.15, 0.2) is 0 Å². The molecule has 1 aromatic rings. The van der Waals surface area contributed by atoms with Gasteiger partial charge in [-0.1, -0.05) is 18.2 Å². The molecule has 0 bridgehead atoms. The van der Waals surface area contributed by atoms with Crippen LogP contribution in [0.5, 0.6) is 0 Å². The molecule has 4 heteroatoms. The van der Waals surface area contributed by atoms with Crippen LogP contribution in [-0.2, 0) is 22.4 Å². The zero-order chi connectivity index (χ0) is 13.5. The topological polar surface area (TPSA) is 72.6 Å². The lowest BCUT2D eigenvalue weighted by Gasteiger charge is -2.42. The third-order valence-electron chi connectivity index (χ3n) is 4.47. The minimum absolute atomic E-state index is 0.209. The molecule has 1 saturated heterocycles. The van der Waals surface area contributed by atoms with E-state index in [9.17, 15) is 9.90 Å². The van der Waals surface area contributed by atoms with Gasteiger partial charge >= 0.3 is 5.97 Å². The number of hydrogen-bond acceptors (Lipinski definition) is 3. The standard InChI is InChI=1S/C15H19NO3/c16-13(15(14(17)18)8-19-9-15)12-6-5-10-3-1-2-4-11(10)7-12/h5-7,13H,1-4,8-9,16H2,(H,17,18). The number of fused-ring (bicyclic) bond motifs is 1. The van der Waals surface area contributed by atoms with Gasteiger partial charge in [-0.05, 0) is 42.4 Å². The maximum atomic E-state index is 11.4. The van der Waals surface area contributed by atoms with E-state index in [0.29, 0.717) is 0 Å². The summed E-state index contributed by atoms with van der Waals surface area (Å²) in [4.78, 5) is 11.4. The Balaban J connectivity index is 1.91. The van der Waals surface area contributed by atoms with Crippen LogP contribution in [0.3, 0.4) is 0 Å². The van der Waals surface area contributed by atoms with E-state index in [1.165, 1.54) is 24.0 Å². The second-order valence-corrected chi connectivity index (χ2v) is 5.67. The predicted octanol–water partition coefficient (Wildman–Crippen LogP) is 1.67. The van der Waals surface area contributed by atoms with E-state index in [1.807, 2.05) is 6.07 Å². The average molecular weight is 261 g/mol. The monoisotopic (exact) mass is 261 g/mol. The Labute approximate surface area is 112 Å².